The predicted octanol–water partition coefficient (Wildman–Crippen LogP) is 5.68. The van der Waals surface area contributed by atoms with Gasteiger partial charge in [-0.25, -0.2) is 0 Å². The van der Waals surface area contributed by atoms with E-state index in [2.05, 4.69) is 10.2 Å². The van der Waals surface area contributed by atoms with Crippen molar-refractivity contribution >= 4 is 17.9 Å². The number of nitrogens with one attached hydrogen (secondary N) is 1. The van der Waals surface area contributed by atoms with Crippen LogP contribution >= 0.6 is 0 Å². The lowest BCUT2D eigenvalue weighted by atomic mass is 9.88. The molecule has 0 saturated heterocycles. The van der Waals surface area contributed by atoms with Crippen molar-refractivity contribution in [3.05, 3.63) is 41.6 Å². The molecule has 0 unspecified atom stereocenters. The van der Waals surface area contributed by atoms with E-state index >= 15 is 0 Å². The Labute approximate surface area is 182 Å². The number of amides is 2. The molecular weight excluding hydrogens is 372 g/mol. The summed E-state index contributed by atoms with van der Waals surface area (Å²) in [5, 5.41) is 2.99. The van der Waals surface area contributed by atoms with Crippen LogP contribution in [-0.4, -0.2) is 28.8 Å². The van der Waals surface area contributed by atoms with Gasteiger partial charge in [-0.15, -0.1) is 0 Å². The zero-order valence-electron chi connectivity index (χ0n) is 19.0. The maximum atomic E-state index is 14.0. The third-order valence-corrected chi connectivity index (χ3v) is 6.44. The largest absolute Gasteiger partial charge is 0.331 e. The average Bonchev–Trinajstić information content (AvgIpc) is 2.75. The Morgan fingerprint density at radius 2 is 1.37 bits per heavy atom. The normalized spacial score (nSPS) is 19.4. The van der Waals surface area contributed by atoms with E-state index in [1.165, 1.54) is 38.5 Å². The van der Waals surface area contributed by atoms with Crippen LogP contribution in [-0.2, 0) is 9.59 Å². The van der Waals surface area contributed by atoms with Crippen LogP contribution in [0.2, 0.25) is 0 Å². The Hall–Kier alpha value is -2.10. The number of carbonyl (C=O) groups excluding carboxylic acids is 2. The maximum Gasteiger partial charge on any atom is 0.270 e. The first-order valence-electron chi connectivity index (χ1n) is 11.8. The minimum atomic E-state index is -0.559. The maximum absolute atomic E-state index is 14.0. The Balaban J connectivity index is 1.94. The molecule has 2 aliphatic rings. The summed E-state index contributed by atoms with van der Waals surface area (Å²) >= 11 is 0. The van der Waals surface area contributed by atoms with Gasteiger partial charge in [0.15, 0.2) is 0 Å². The molecule has 3 rings (SSSR count). The minimum Gasteiger partial charge on any atom is -0.331 e. The van der Waals surface area contributed by atoms with Crippen LogP contribution in [0.15, 0.2) is 36.0 Å². The summed E-state index contributed by atoms with van der Waals surface area (Å²) in [6.07, 6.45) is 13.4. The Kier molecular flexibility index (Phi) is 7.74. The predicted molar refractivity (Wildman–Crippen MR) is 123 cm³/mol. The first-order chi connectivity index (χ1) is 14.4. The van der Waals surface area contributed by atoms with Crippen LogP contribution in [0.1, 0.15) is 90.5 Å². The molecule has 2 fully saturated rings. The average molecular weight is 411 g/mol. The molecule has 1 aromatic rings. The first-order valence-corrected chi connectivity index (χ1v) is 11.8. The summed E-state index contributed by atoms with van der Waals surface area (Å²) in [6, 6.07) is 10.4. The van der Waals surface area contributed by atoms with E-state index < -0.39 is 5.41 Å². The van der Waals surface area contributed by atoms with Gasteiger partial charge in [0.25, 0.3) is 5.91 Å². The van der Waals surface area contributed by atoms with Gasteiger partial charge in [-0.3, -0.25) is 9.59 Å². The molecule has 0 bridgehead atoms. The Morgan fingerprint density at radius 3 is 1.83 bits per heavy atom. The molecule has 0 aromatic heterocycles. The number of benzene rings is 1. The van der Waals surface area contributed by atoms with Crippen LogP contribution in [0.25, 0.3) is 6.08 Å². The molecule has 0 spiro atoms. The Bertz CT molecular complexity index is 718. The summed E-state index contributed by atoms with van der Waals surface area (Å²) in [5.41, 5.74) is 0.788. The molecule has 2 aliphatic carbocycles. The van der Waals surface area contributed by atoms with Crippen molar-refractivity contribution in [2.24, 2.45) is 5.41 Å². The summed E-state index contributed by atoms with van der Waals surface area (Å²) in [4.78, 5) is 28.9. The highest BCUT2D eigenvalue weighted by molar-refractivity contribution is 6.02. The second kappa shape index (κ2) is 10.3. The van der Waals surface area contributed by atoms with E-state index in [-0.39, 0.29) is 11.8 Å². The molecule has 1 aromatic carbocycles. The van der Waals surface area contributed by atoms with Gasteiger partial charge in [-0.05, 0) is 37.3 Å². The quantitative estimate of drug-likeness (QED) is 0.635. The Morgan fingerprint density at radius 1 is 0.867 bits per heavy atom. The number of rotatable bonds is 5. The summed E-state index contributed by atoms with van der Waals surface area (Å²) in [5.74, 6) is -0.125. The van der Waals surface area contributed by atoms with Crippen LogP contribution < -0.4 is 5.32 Å². The highest BCUT2D eigenvalue weighted by Crippen LogP contribution is 2.31. The zero-order chi connectivity index (χ0) is 21.6. The van der Waals surface area contributed by atoms with Crippen molar-refractivity contribution in [1.29, 1.82) is 0 Å². The van der Waals surface area contributed by atoms with Gasteiger partial charge in [0, 0.05) is 17.5 Å². The second-order valence-electron chi connectivity index (χ2n) is 9.97. The van der Waals surface area contributed by atoms with E-state index in [0.29, 0.717) is 17.8 Å². The fraction of sp³-hybridized carbons (Fsp3) is 0.615. The van der Waals surface area contributed by atoms with E-state index in [1.807, 2.05) is 57.2 Å². The van der Waals surface area contributed by atoms with Crippen molar-refractivity contribution in [3.63, 3.8) is 0 Å². The van der Waals surface area contributed by atoms with Gasteiger partial charge in [0.2, 0.25) is 5.91 Å². The van der Waals surface area contributed by atoms with Crippen LogP contribution in [0.5, 0.6) is 0 Å². The van der Waals surface area contributed by atoms with E-state index in [4.69, 9.17) is 0 Å². The second-order valence-corrected chi connectivity index (χ2v) is 9.97. The fourth-order valence-electron chi connectivity index (χ4n) is 4.66. The molecule has 2 amide bonds. The highest BCUT2D eigenvalue weighted by atomic mass is 16.2. The summed E-state index contributed by atoms with van der Waals surface area (Å²) < 4.78 is 0. The summed E-state index contributed by atoms with van der Waals surface area (Å²) in [7, 11) is 0. The molecule has 1 N–H and O–H groups in total. The number of hydrogen-bond donors (Lipinski definition) is 1. The lowest BCUT2D eigenvalue weighted by Gasteiger charge is -2.42. The number of carbonyl (C=O) groups is 2. The van der Waals surface area contributed by atoms with Crippen molar-refractivity contribution in [1.82, 2.24) is 10.2 Å². The molecule has 0 heterocycles. The van der Waals surface area contributed by atoms with E-state index in [0.717, 1.165) is 31.2 Å². The van der Waals surface area contributed by atoms with Crippen LogP contribution in [0, 0.1) is 5.41 Å². The van der Waals surface area contributed by atoms with Crippen molar-refractivity contribution in [2.75, 3.05) is 0 Å². The van der Waals surface area contributed by atoms with Gasteiger partial charge in [-0.1, -0.05) is 89.6 Å². The van der Waals surface area contributed by atoms with Crippen molar-refractivity contribution in [2.45, 2.75) is 97.1 Å². The van der Waals surface area contributed by atoms with Gasteiger partial charge in [-0.2, -0.15) is 0 Å². The molecule has 0 aliphatic heterocycles. The lowest BCUT2D eigenvalue weighted by molar-refractivity contribution is -0.136. The monoisotopic (exact) mass is 410 g/mol. The van der Waals surface area contributed by atoms with E-state index in [1.54, 1.807) is 0 Å². The SMILES string of the molecule is CC(C)(C)C(=O)N/C(=C/c1ccccc1)C(=O)N(C1CCCCC1)C1CCCCC1. The molecule has 4 heteroatoms. The lowest BCUT2D eigenvalue weighted by Crippen LogP contribution is -2.51. The van der Waals surface area contributed by atoms with Crippen molar-refractivity contribution < 1.29 is 9.59 Å². The van der Waals surface area contributed by atoms with Gasteiger partial charge in [0.1, 0.15) is 5.70 Å². The molecular formula is C26H38N2O2. The molecule has 4 nitrogen and oxygen atoms in total. The third-order valence-electron chi connectivity index (χ3n) is 6.44. The summed E-state index contributed by atoms with van der Waals surface area (Å²) in [6.45, 7) is 5.65. The third kappa shape index (κ3) is 5.96. The van der Waals surface area contributed by atoms with Crippen LogP contribution in [0.4, 0.5) is 0 Å². The topological polar surface area (TPSA) is 49.4 Å². The first kappa shape index (κ1) is 22.6. The zero-order valence-corrected chi connectivity index (χ0v) is 19.0. The highest BCUT2D eigenvalue weighted by Gasteiger charge is 2.35. The smallest absolute Gasteiger partial charge is 0.270 e. The number of hydrogen-bond acceptors (Lipinski definition) is 2. The standard InChI is InChI=1S/C26H38N2O2/c1-26(2,3)25(30)27-23(19-20-13-7-4-8-14-20)24(29)28(21-15-9-5-10-16-21)22-17-11-6-12-18-22/h4,7-8,13-14,19,21-22H,5-6,9-12,15-18H2,1-3H3,(H,27,30)/b23-19+. The van der Waals surface area contributed by atoms with Crippen LogP contribution in [0.3, 0.4) is 0 Å². The van der Waals surface area contributed by atoms with E-state index in [9.17, 15) is 9.59 Å². The van der Waals surface area contributed by atoms with Gasteiger partial charge >= 0.3 is 0 Å². The molecule has 30 heavy (non-hydrogen) atoms. The number of nitrogens with zero attached hydrogens (tertiary/aromatic N) is 1. The molecule has 164 valence electrons. The molecule has 2 saturated carbocycles. The molecule has 0 atom stereocenters. The van der Waals surface area contributed by atoms with Gasteiger partial charge in [0.05, 0.1) is 0 Å². The molecule has 0 radical (unpaired) electrons. The van der Waals surface area contributed by atoms with Gasteiger partial charge < -0.3 is 10.2 Å². The van der Waals surface area contributed by atoms with Crippen molar-refractivity contribution in [3.8, 4) is 0 Å². The fourth-order valence-corrected chi connectivity index (χ4v) is 4.66. The minimum absolute atomic E-state index is 0.00440.